The van der Waals surface area contributed by atoms with Gasteiger partial charge in [0.1, 0.15) is 5.54 Å². The smallest absolute Gasteiger partial charge is 0.326 e. The topological polar surface area (TPSA) is 52.3 Å². The molecular formula is C8H17NO2. The Morgan fingerprint density at radius 3 is 2.18 bits per heavy atom. The van der Waals surface area contributed by atoms with E-state index in [1.165, 1.54) is 7.11 Å². The van der Waals surface area contributed by atoms with Gasteiger partial charge in [0.25, 0.3) is 0 Å². The highest BCUT2D eigenvalue weighted by Crippen LogP contribution is 2.18. The summed E-state index contributed by atoms with van der Waals surface area (Å²) in [6.07, 6.45) is 0.608. The van der Waals surface area contributed by atoms with Crippen molar-refractivity contribution in [2.75, 3.05) is 7.11 Å². The van der Waals surface area contributed by atoms with Crippen LogP contribution in [0.3, 0.4) is 0 Å². The maximum Gasteiger partial charge on any atom is 0.326 e. The van der Waals surface area contributed by atoms with Crippen LogP contribution < -0.4 is 5.73 Å². The summed E-state index contributed by atoms with van der Waals surface area (Å²) in [6.45, 7) is 5.72. The minimum atomic E-state index is -0.811. The van der Waals surface area contributed by atoms with Crippen LogP contribution in [0, 0.1) is 5.92 Å². The molecule has 0 aromatic carbocycles. The van der Waals surface area contributed by atoms with E-state index in [4.69, 9.17) is 5.73 Å². The summed E-state index contributed by atoms with van der Waals surface area (Å²) in [5.74, 6) is -0.213. The first-order valence-corrected chi connectivity index (χ1v) is 3.86. The zero-order chi connectivity index (χ0) is 9.07. The summed E-state index contributed by atoms with van der Waals surface area (Å²) in [6, 6.07) is 0. The first kappa shape index (κ1) is 10.4. The van der Waals surface area contributed by atoms with Crippen LogP contribution in [0.2, 0.25) is 0 Å². The van der Waals surface area contributed by atoms with Gasteiger partial charge < -0.3 is 10.5 Å². The van der Waals surface area contributed by atoms with E-state index in [9.17, 15) is 4.79 Å². The van der Waals surface area contributed by atoms with Gasteiger partial charge in [-0.15, -0.1) is 0 Å². The summed E-state index contributed by atoms with van der Waals surface area (Å²) in [5, 5.41) is 0. The largest absolute Gasteiger partial charge is 0.468 e. The highest BCUT2D eigenvalue weighted by Gasteiger charge is 2.36. The molecule has 0 rings (SSSR count). The number of carbonyl (C=O) groups is 1. The fourth-order valence-electron chi connectivity index (χ4n) is 0.978. The molecule has 0 aromatic rings. The predicted molar refractivity (Wildman–Crippen MR) is 44.1 cm³/mol. The summed E-state index contributed by atoms with van der Waals surface area (Å²) >= 11 is 0. The molecule has 0 heterocycles. The number of esters is 1. The van der Waals surface area contributed by atoms with E-state index in [-0.39, 0.29) is 11.9 Å². The third-order valence-electron chi connectivity index (χ3n) is 2.18. The molecule has 0 spiro atoms. The summed E-state index contributed by atoms with van der Waals surface area (Å²) in [5.41, 5.74) is 5.01. The van der Waals surface area contributed by atoms with Crippen LogP contribution in [0.25, 0.3) is 0 Å². The molecule has 2 N–H and O–H groups in total. The zero-order valence-electron chi connectivity index (χ0n) is 7.68. The van der Waals surface area contributed by atoms with Crippen molar-refractivity contribution in [2.24, 2.45) is 11.7 Å². The Balaban J connectivity index is 4.45. The molecule has 0 radical (unpaired) electrons. The number of rotatable bonds is 3. The Morgan fingerprint density at radius 1 is 1.64 bits per heavy atom. The molecule has 0 amide bonds. The molecule has 0 fully saturated rings. The Bertz CT molecular complexity index is 145. The van der Waals surface area contributed by atoms with Gasteiger partial charge in [0.05, 0.1) is 7.11 Å². The average molecular weight is 159 g/mol. The van der Waals surface area contributed by atoms with E-state index in [0.717, 1.165) is 0 Å². The Morgan fingerprint density at radius 2 is 2.09 bits per heavy atom. The lowest BCUT2D eigenvalue weighted by Crippen LogP contribution is -2.52. The van der Waals surface area contributed by atoms with Gasteiger partial charge in [-0.05, 0) is 12.3 Å². The molecule has 0 aliphatic rings. The molecule has 0 aliphatic heterocycles. The van der Waals surface area contributed by atoms with Crippen molar-refractivity contribution >= 4 is 5.97 Å². The third kappa shape index (κ3) is 1.93. The predicted octanol–water partition coefficient (Wildman–Crippen LogP) is 0.923. The quantitative estimate of drug-likeness (QED) is 0.623. The van der Waals surface area contributed by atoms with Gasteiger partial charge in [0.2, 0.25) is 0 Å². The van der Waals surface area contributed by atoms with Crippen molar-refractivity contribution in [3.8, 4) is 0 Å². The van der Waals surface area contributed by atoms with Crippen LogP contribution in [0.5, 0.6) is 0 Å². The van der Waals surface area contributed by atoms with Gasteiger partial charge in [-0.2, -0.15) is 0 Å². The number of hydrogen-bond acceptors (Lipinski definition) is 3. The van der Waals surface area contributed by atoms with Crippen LogP contribution >= 0.6 is 0 Å². The van der Waals surface area contributed by atoms with Gasteiger partial charge in [-0.1, -0.05) is 20.8 Å². The minimum absolute atomic E-state index is 0.111. The molecule has 1 unspecified atom stereocenters. The molecule has 0 saturated heterocycles. The van der Waals surface area contributed by atoms with E-state index >= 15 is 0 Å². The lowest BCUT2D eigenvalue weighted by atomic mass is 9.85. The second kappa shape index (κ2) is 3.72. The monoisotopic (exact) mass is 159 g/mol. The fourth-order valence-corrected chi connectivity index (χ4v) is 0.978. The highest BCUT2D eigenvalue weighted by molar-refractivity contribution is 5.80. The second-order valence-corrected chi connectivity index (χ2v) is 3.04. The molecule has 3 nitrogen and oxygen atoms in total. The normalized spacial score (nSPS) is 16.2. The lowest BCUT2D eigenvalue weighted by molar-refractivity contribution is -0.149. The van der Waals surface area contributed by atoms with Gasteiger partial charge in [0, 0.05) is 0 Å². The SMILES string of the molecule is CCC(N)(C(=O)OC)C(C)C. The Hall–Kier alpha value is -0.570. The minimum Gasteiger partial charge on any atom is -0.468 e. The number of carbonyl (C=O) groups excluding carboxylic acids is 1. The van der Waals surface area contributed by atoms with Crippen molar-refractivity contribution in [3.63, 3.8) is 0 Å². The molecule has 66 valence electrons. The lowest BCUT2D eigenvalue weighted by Gasteiger charge is -2.28. The second-order valence-electron chi connectivity index (χ2n) is 3.04. The van der Waals surface area contributed by atoms with Crippen LogP contribution in [-0.4, -0.2) is 18.6 Å². The first-order valence-electron chi connectivity index (χ1n) is 3.86. The van der Waals surface area contributed by atoms with Gasteiger partial charge in [0.15, 0.2) is 0 Å². The van der Waals surface area contributed by atoms with Crippen molar-refractivity contribution < 1.29 is 9.53 Å². The van der Waals surface area contributed by atoms with Crippen molar-refractivity contribution in [2.45, 2.75) is 32.7 Å². The molecule has 0 aliphatic carbocycles. The van der Waals surface area contributed by atoms with Crippen molar-refractivity contribution in [1.29, 1.82) is 0 Å². The van der Waals surface area contributed by atoms with Crippen LogP contribution in [0.4, 0.5) is 0 Å². The van der Waals surface area contributed by atoms with Crippen molar-refractivity contribution in [3.05, 3.63) is 0 Å². The standard InChI is InChI=1S/C8H17NO2/c1-5-8(9,6(2)3)7(10)11-4/h6H,5,9H2,1-4H3. The average Bonchev–Trinajstić information content (AvgIpc) is 2.01. The highest BCUT2D eigenvalue weighted by atomic mass is 16.5. The third-order valence-corrected chi connectivity index (χ3v) is 2.18. The maximum absolute atomic E-state index is 11.2. The van der Waals surface area contributed by atoms with Gasteiger partial charge in [-0.25, -0.2) is 0 Å². The van der Waals surface area contributed by atoms with Crippen LogP contribution in [0.1, 0.15) is 27.2 Å². The number of nitrogens with two attached hydrogens (primary N) is 1. The van der Waals surface area contributed by atoms with E-state index in [1.54, 1.807) is 0 Å². The molecule has 0 bridgehead atoms. The molecule has 1 atom stereocenters. The molecular weight excluding hydrogens is 142 g/mol. The van der Waals surface area contributed by atoms with Gasteiger partial charge in [-0.3, -0.25) is 4.79 Å². The Labute approximate surface area is 67.9 Å². The zero-order valence-corrected chi connectivity index (χ0v) is 7.68. The summed E-state index contributed by atoms with van der Waals surface area (Å²) in [7, 11) is 1.36. The van der Waals surface area contributed by atoms with E-state index in [2.05, 4.69) is 4.74 Å². The van der Waals surface area contributed by atoms with E-state index in [0.29, 0.717) is 6.42 Å². The molecule has 3 heteroatoms. The van der Waals surface area contributed by atoms with Gasteiger partial charge >= 0.3 is 5.97 Å². The van der Waals surface area contributed by atoms with Crippen LogP contribution in [-0.2, 0) is 9.53 Å². The maximum atomic E-state index is 11.2. The van der Waals surface area contributed by atoms with E-state index < -0.39 is 5.54 Å². The summed E-state index contributed by atoms with van der Waals surface area (Å²) in [4.78, 5) is 11.2. The molecule has 0 aromatic heterocycles. The number of ether oxygens (including phenoxy) is 1. The molecule has 0 saturated carbocycles. The molecule has 11 heavy (non-hydrogen) atoms. The number of methoxy groups -OCH3 is 1. The number of hydrogen-bond donors (Lipinski definition) is 1. The first-order chi connectivity index (χ1) is 4.99. The van der Waals surface area contributed by atoms with E-state index in [1.807, 2.05) is 20.8 Å². The Kier molecular flexibility index (Phi) is 3.52. The van der Waals surface area contributed by atoms with Crippen molar-refractivity contribution in [1.82, 2.24) is 0 Å². The summed E-state index contributed by atoms with van der Waals surface area (Å²) < 4.78 is 4.60. The van der Waals surface area contributed by atoms with Crippen LogP contribution in [0.15, 0.2) is 0 Å². The fraction of sp³-hybridized carbons (Fsp3) is 0.875.